The molecule has 7 nitrogen and oxygen atoms in total. The summed E-state index contributed by atoms with van der Waals surface area (Å²) in [7, 11) is 4.97. The van der Waals surface area contributed by atoms with Crippen molar-refractivity contribution in [1.82, 2.24) is 10.2 Å². The molecule has 1 aromatic rings. The lowest BCUT2D eigenvalue weighted by atomic mass is 10.1. The Hall–Kier alpha value is -2.28. The number of carbonyl (C=O) groups excluding carboxylic acids is 2. The maximum absolute atomic E-state index is 12.8. The molecule has 7 heteroatoms. The molecular formula is C18H25N3O4. The highest BCUT2D eigenvalue weighted by molar-refractivity contribution is 6.01. The third-order valence-electron chi connectivity index (χ3n) is 5.08. The standard InChI is InChI=1S/C18H25N3O4/c1-20(13-6-7-19-10-13)18(23)12-8-17(22)21(11-12)15-5-4-14(24-2)9-16(15)25-3/h4-5,9,12-13,19H,6-8,10-11H2,1-3H3. The van der Waals surface area contributed by atoms with Crippen LogP contribution in [0.15, 0.2) is 18.2 Å². The average Bonchev–Trinajstić information content (AvgIpc) is 3.29. The van der Waals surface area contributed by atoms with Crippen LogP contribution < -0.4 is 19.7 Å². The second-order valence-corrected chi connectivity index (χ2v) is 6.54. The van der Waals surface area contributed by atoms with Gasteiger partial charge in [0.15, 0.2) is 0 Å². The number of nitrogens with one attached hydrogen (secondary N) is 1. The zero-order valence-electron chi connectivity index (χ0n) is 14.9. The van der Waals surface area contributed by atoms with Crippen molar-refractivity contribution < 1.29 is 19.1 Å². The van der Waals surface area contributed by atoms with E-state index >= 15 is 0 Å². The molecule has 0 bridgehead atoms. The van der Waals surface area contributed by atoms with Crippen molar-refractivity contribution in [2.24, 2.45) is 5.92 Å². The number of methoxy groups -OCH3 is 2. The van der Waals surface area contributed by atoms with E-state index in [9.17, 15) is 9.59 Å². The van der Waals surface area contributed by atoms with Crippen LogP contribution in [-0.4, -0.2) is 63.7 Å². The zero-order chi connectivity index (χ0) is 18.0. The summed E-state index contributed by atoms with van der Waals surface area (Å²) in [4.78, 5) is 28.7. The van der Waals surface area contributed by atoms with Crippen LogP contribution in [0, 0.1) is 5.92 Å². The van der Waals surface area contributed by atoms with E-state index in [4.69, 9.17) is 9.47 Å². The van der Waals surface area contributed by atoms with Gasteiger partial charge in [-0.2, -0.15) is 0 Å². The Labute approximate surface area is 147 Å². The van der Waals surface area contributed by atoms with Crippen LogP contribution >= 0.6 is 0 Å². The van der Waals surface area contributed by atoms with Gasteiger partial charge in [-0.3, -0.25) is 9.59 Å². The number of hydrogen-bond donors (Lipinski definition) is 1. The van der Waals surface area contributed by atoms with Crippen molar-refractivity contribution in [2.75, 3.05) is 45.8 Å². The second-order valence-electron chi connectivity index (χ2n) is 6.54. The molecule has 25 heavy (non-hydrogen) atoms. The molecule has 2 unspecified atom stereocenters. The molecule has 0 radical (unpaired) electrons. The van der Waals surface area contributed by atoms with E-state index in [0.29, 0.717) is 23.7 Å². The first-order valence-corrected chi connectivity index (χ1v) is 8.55. The van der Waals surface area contributed by atoms with E-state index in [1.54, 1.807) is 42.2 Å². The number of likely N-dealkylation sites (N-methyl/N-ethyl adjacent to an activating group) is 1. The van der Waals surface area contributed by atoms with Crippen molar-refractivity contribution >= 4 is 17.5 Å². The topological polar surface area (TPSA) is 71.1 Å². The molecule has 0 aliphatic carbocycles. The fourth-order valence-corrected chi connectivity index (χ4v) is 3.55. The number of nitrogens with zero attached hydrogens (tertiary/aromatic N) is 2. The molecule has 136 valence electrons. The highest BCUT2D eigenvalue weighted by Crippen LogP contribution is 2.36. The molecule has 2 fully saturated rings. The smallest absolute Gasteiger partial charge is 0.228 e. The van der Waals surface area contributed by atoms with Crippen LogP contribution in [0.1, 0.15) is 12.8 Å². The van der Waals surface area contributed by atoms with E-state index in [-0.39, 0.29) is 30.2 Å². The lowest BCUT2D eigenvalue weighted by Gasteiger charge is -2.26. The van der Waals surface area contributed by atoms with Gasteiger partial charge in [0.2, 0.25) is 11.8 Å². The maximum atomic E-state index is 12.8. The first-order valence-electron chi connectivity index (χ1n) is 8.55. The Morgan fingerprint density at radius 1 is 1.32 bits per heavy atom. The number of carbonyl (C=O) groups is 2. The van der Waals surface area contributed by atoms with Gasteiger partial charge >= 0.3 is 0 Å². The predicted octanol–water partition coefficient (Wildman–Crippen LogP) is 0.877. The van der Waals surface area contributed by atoms with Crippen LogP contribution in [0.25, 0.3) is 0 Å². The summed E-state index contributed by atoms with van der Waals surface area (Å²) in [6.07, 6.45) is 1.19. The van der Waals surface area contributed by atoms with Crippen molar-refractivity contribution in [2.45, 2.75) is 18.9 Å². The van der Waals surface area contributed by atoms with Gasteiger partial charge in [-0.15, -0.1) is 0 Å². The van der Waals surface area contributed by atoms with E-state index in [2.05, 4.69) is 5.32 Å². The van der Waals surface area contributed by atoms with Crippen LogP contribution in [0.4, 0.5) is 5.69 Å². The van der Waals surface area contributed by atoms with Gasteiger partial charge in [0.1, 0.15) is 11.5 Å². The minimum absolute atomic E-state index is 0.0389. The van der Waals surface area contributed by atoms with Crippen molar-refractivity contribution in [3.05, 3.63) is 18.2 Å². The third-order valence-corrected chi connectivity index (χ3v) is 5.08. The zero-order valence-corrected chi connectivity index (χ0v) is 14.9. The van der Waals surface area contributed by atoms with E-state index < -0.39 is 0 Å². The summed E-state index contributed by atoms with van der Waals surface area (Å²) in [6, 6.07) is 5.55. The number of amides is 2. The molecule has 2 aliphatic heterocycles. The fourth-order valence-electron chi connectivity index (χ4n) is 3.55. The number of ether oxygens (including phenoxy) is 2. The largest absolute Gasteiger partial charge is 0.497 e. The summed E-state index contributed by atoms with van der Waals surface area (Å²) >= 11 is 0. The van der Waals surface area contributed by atoms with Gasteiger partial charge in [-0.25, -0.2) is 0 Å². The van der Waals surface area contributed by atoms with Gasteiger partial charge in [0, 0.05) is 38.7 Å². The molecule has 2 heterocycles. The summed E-state index contributed by atoms with van der Waals surface area (Å²) in [6.45, 7) is 2.13. The van der Waals surface area contributed by atoms with Crippen molar-refractivity contribution in [3.63, 3.8) is 0 Å². The second kappa shape index (κ2) is 7.31. The first-order chi connectivity index (χ1) is 12.0. The number of rotatable bonds is 5. The van der Waals surface area contributed by atoms with E-state index in [1.165, 1.54) is 0 Å². The highest BCUT2D eigenvalue weighted by atomic mass is 16.5. The highest BCUT2D eigenvalue weighted by Gasteiger charge is 2.39. The Morgan fingerprint density at radius 3 is 2.76 bits per heavy atom. The molecule has 3 rings (SSSR count). The van der Waals surface area contributed by atoms with E-state index in [0.717, 1.165) is 19.5 Å². The molecule has 2 amide bonds. The van der Waals surface area contributed by atoms with Crippen LogP contribution in [0.5, 0.6) is 11.5 Å². The molecule has 2 aliphatic rings. The molecule has 0 spiro atoms. The lowest BCUT2D eigenvalue weighted by Crippen LogP contribution is -2.42. The third kappa shape index (κ3) is 3.42. The summed E-state index contributed by atoms with van der Waals surface area (Å²) in [5.74, 6) is 0.893. The van der Waals surface area contributed by atoms with Gasteiger partial charge in [-0.05, 0) is 25.1 Å². The molecular weight excluding hydrogens is 322 g/mol. The Morgan fingerprint density at radius 2 is 2.12 bits per heavy atom. The minimum atomic E-state index is -0.315. The maximum Gasteiger partial charge on any atom is 0.228 e. The average molecular weight is 347 g/mol. The van der Waals surface area contributed by atoms with Crippen molar-refractivity contribution in [1.29, 1.82) is 0 Å². The van der Waals surface area contributed by atoms with Gasteiger partial charge in [0.05, 0.1) is 25.8 Å². The fraction of sp³-hybridized carbons (Fsp3) is 0.556. The number of anilines is 1. The van der Waals surface area contributed by atoms with Crippen LogP contribution in [-0.2, 0) is 9.59 Å². The van der Waals surface area contributed by atoms with E-state index in [1.807, 2.05) is 7.05 Å². The first kappa shape index (κ1) is 17.5. The van der Waals surface area contributed by atoms with Crippen LogP contribution in [0.2, 0.25) is 0 Å². The minimum Gasteiger partial charge on any atom is -0.497 e. The number of hydrogen-bond acceptors (Lipinski definition) is 5. The SMILES string of the molecule is COc1ccc(N2CC(C(=O)N(C)C3CCNC3)CC2=O)c(OC)c1. The van der Waals surface area contributed by atoms with Gasteiger partial charge in [0.25, 0.3) is 0 Å². The molecule has 2 saturated heterocycles. The monoisotopic (exact) mass is 347 g/mol. The summed E-state index contributed by atoms with van der Waals surface area (Å²) in [5, 5.41) is 3.27. The van der Waals surface area contributed by atoms with Crippen molar-refractivity contribution in [3.8, 4) is 11.5 Å². The molecule has 0 saturated carbocycles. The molecule has 2 atom stereocenters. The Balaban J connectivity index is 1.75. The number of benzene rings is 1. The summed E-state index contributed by atoms with van der Waals surface area (Å²) in [5.41, 5.74) is 0.675. The quantitative estimate of drug-likeness (QED) is 0.856. The summed E-state index contributed by atoms with van der Waals surface area (Å²) < 4.78 is 10.6. The van der Waals surface area contributed by atoms with Gasteiger partial charge < -0.3 is 24.6 Å². The molecule has 1 N–H and O–H groups in total. The molecule has 0 aromatic heterocycles. The molecule has 1 aromatic carbocycles. The Bertz CT molecular complexity index is 658. The lowest BCUT2D eigenvalue weighted by molar-refractivity contribution is -0.136. The predicted molar refractivity (Wildman–Crippen MR) is 94.1 cm³/mol. The van der Waals surface area contributed by atoms with Crippen LogP contribution in [0.3, 0.4) is 0 Å². The Kier molecular flexibility index (Phi) is 5.13. The normalized spacial score (nSPS) is 23.0. The van der Waals surface area contributed by atoms with Gasteiger partial charge in [-0.1, -0.05) is 0 Å².